The highest BCUT2D eigenvalue weighted by atomic mass is 16.5. The van der Waals surface area contributed by atoms with Crippen LogP contribution in [0.5, 0.6) is 5.75 Å². The number of hydrogen-bond acceptors (Lipinski definition) is 6. The summed E-state index contributed by atoms with van der Waals surface area (Å²) in [6, 6.07) is 1.35. The number of carbonyl (C=O) groups excluding carboxylic acids is 1. The smallest absolute Gasteiger partial charge is 0.286 e. The van der Waals surface area contributed by atoms with Gasteiger partial charge in [0.25, 0.3) is 5.91 Å². The lowest BCUT2D eigenvalue weighted by Crippen LogP contribution is -2.56. The molecule has 24 heavy (non-hydrogen) atoms. The number of aromatic nitrogens is 1. The van der Waals surface area contributed by atoms with Crippen LogP contribution in [0.25, 0.3) is 0 Å². The first-order chi connectivity index (χ1) is 11.4. The molecule has 0 aliphatic carbocycles. The Morgan fingerprint density at radius 2 is 2.21 bits per heavy atom. The molecular formula is C16H25N3O5. The largest absolute Gasteiger partial charge is 0.487 e. The van der Waals surface area contributed by atoms with Crippen molar-refractivity contribution in [2.75, 3.05) is 40.5 Å². The van der Waals surface area contributed by atoms with Gasteiger partial charge in [0.05, 0.1) is 26.4 Å². The van der Waals surface area contributed by atoms with Crippen LogP contribution >= 0.6 is 0 Å². The molecule has 1 aliphatic rings. The van der Waals surface area contributed by atoms with Gasteiger partial charge in [0.2, 0.25) is 5.43 Å². The van der Waals surface area contributed by atoms with Crippen LogP contribution in [-0.2, 0) is 10.3 Å². The second-order valence-electron chi connectivity index (χ2n) is 6.14. The maximum atomic E-state index is 12.7. The summed E-state index contributed by atoms with van der Waals surface area (Å²) in [6.07, 6.45) is 3.20. The first kappa shape index (κ1) is 18.4. The number of rotatable bonds is 8. The minimum atomic E-state index is -0.754. The Labute approximate surface area is 140 Å². The zero-order chi connectivity index (χ0) is 17.7. The van der Waals surface area contributed by atoms with Gasteiger partial charge in [-0.2, -0.15) is 0 Å². The molecular weight excluding hydrogens is 314 g/mol. The average molecular weight is 339 g/mol. The summed E-state index contributed by atoms with van der Waals surface area (Å²) < 4.78 is 12.4. The highest BCUT2D eigenvalue weighted by Gasteiger charge is 2.42. The highest BCUT2D eigenvalue weighted by Crippen LogP contribution is 2.29. The monoisotopic (exact) mass is 339 g/mol. The number of hydrazine groups is 1. The summed E-state index contributed by atoms with van der Waals surface area (Å²) in [5, 5.41) is 11.3. The lowest BCUT2D eigenvalue weighted by Gasteiger charge is -2.43. The average Bonchev–Trinajstić information content (AvgIpc) is 2.48. The Morgan fingerprint density at radius 1 is 1.50 bits per heavy atom. The summed E-state index contributed by atoms with van der Waals surface area (Å²) in [6.45, 7) is 2.69. The Kier molecular flexibility index (Phi) is 5.98. The molecule has 1 aromatic rings. The van der Waals surface area contributed by atoms with Gasteiger partial charge in [-0.05, 0) is 6.42 Å². The summed E-state index contributed by atoms with van der Waals surface area (Å²) in [4.78, 5) is 24.9. The number of pyridine rings is 1. The van der Waals surface area contributed by atoms with Crippen LogP contribution in [0.1, 0.15) is 30.3 Å². The number of amides is 1. The van der Waals surface area contributed by atoms with E-state index in [2.05, 4.69) is 5.43 Å². The molecule has 0 radical (unpaired) electrons. The second kappa shape index (κ2) is 7.78. The number of aliphatic hydroxyl groups is 1. The zero-order valence-electron chi connectivity index (χ0n) is 14.4. The molecule has 0 unspecified atom stereocenters. The molecule has 2 rings (SSSR count). The molecule has 2 N–H and O–H groups in total. The number of aliphatic hydroxyl groups excluding tert-OH is 1. The fraction of sp³-hybridized carbons (Fsp3) is 0.625. The molecule has 0 aromatic carbocycles. The van der Waals surface area contributed by atoms with Crippen molar-refractivity contribution < 1.29 is 19.4 Å². The quantitative estimate of drug-likeness (QED) is 0.510. The van der Waals surface area contributed by atoms with Crippen LogP contribution in [0.4, 0.5) is 0 Å². The van der Waals surface area contributed by atoms with Gasteiger partial charge in [-0.3, -0.25) is 15.0 Å². The van der Waals surface area contributed by atoms with Gasteiger partial charge in [-0.1, -0.05) is 13.3 Å². The number of carbonyl (C=O) groups is 1. The van der Waals surface area contributed by atoms with E-state index in [1.54, 1.807) is 18.7 Å². The van der Waals surface area contributed by atoms with Gasteiger partial charge >= 0.3 is 0 Å². The third-order valence-electron chi connectivity index (χ3n) is 3.89. The van der Waals surface area contributed by atoms with E-state index in [9.17, 15) is 14.7 Å². The van der Waals surface area contributed by atoms with Gasteiger partial charge in [0.1, 0.15) is 5.54 Å². The van der Waals surface area contributed by atoms with Crippen molar-refractivity contribution in [2.45, 2.75) is 25.3 Å². The minimum absolute atomic E-state index is 0.00465. The van der Waals surface area contributed by atoms with E-state index in [1.807, 2.05) is 6.92 Å². The second-order valence-corrected chi connectivity index (χ2v) is 6.14. The van der Waals surface area contributed by atoms with Crippen LogP contribution in [0.15, 0.2) is 17.1 Å². The third-order valence-corrected chi connectivity index (χ3v) is 3.89. The molecule has 0 atom stereocenters. The lowest BCUT2D eigenvalue weighted by molar-refractivity contribution is -0.125. The van der Waals surface area contributed by atoms with E-state index in [-0.39, 0.29) is 36.7 Å². The maximum absolute atomic E-state index is 12.7. The number of nitrogens with one attached hydrogen (secondary N) is 1. The molecule has 0 spiro atoms. The first-order valence-electron chi connectivity index (χ1n) is 8.01. The van der Waals surface area contributed by atoms with Crippen molar-refractivity contribution in [2.24, 2.45) is 0 Å². The lowest BCUT2D eigenvalue weighted by atomic mass is 9.97. The van der Waals surface area contributed by atoms with E-state index in [0.717, 1.165) is 12.8 Å². The number of ether oxygens (including phenoxy) is 2. The van der Waals surface area contributed by atoms with Crippen LogP contribution in [0, 0.1) is 0 Å². The van der Waals surface area contributed by atoms with Crippen molar-refractivity contribution in [1.29, 1.82) is 0 Å². The van der Waals surface area contributed by atoms with Crippen LogP contribution < -0.4 is 15.6 Å². The molecule has 2 heterocycles. The van der Waals surface area contributed by atoms with Gasteiger partial charge in [0.15, 0.2) is 11.4 Å². The molecule has 1 fully saturated rings. The first-order valence-corrected chi connectivity index (χ1v) is 8.01. The third kappa shape index (κ3) is 3.61. The van der Waals surface area contributed by atoms with Crippen LogP contribution in [0.2, 0.25) is 0 Å². The van der Waals surface area contributed by atoms with Crippen LogP contribution in [0.3, 0.4) is 0 Å². The minimum Gasteiger partial charge on any atom is -0.487 e. The predicted octanol–water partition coefficient (Wildman–Crippen LogP) is -0.0486. The molecule has 8 heteroatoms. The van der Waals surface area contributed by atoms with Crippen molar-refractivity contribution in [3.8, 4) is 5.75 Å². The summed E-state index contributed by atoms with van der Waals surface area (Å²) in [5.41, 5.74) is 1.62. The molecule has 0 saturated carbocycles. The molecule has 8 nitrogen and oxygen atoms in total. The van der Waals surface area contributed by atoms with E-state index < -0.39 is 11.4 Å². The Morgan fingerprint density at radius 3 is 2.71 bits per heavy atom. The molecule has 1 aliphatic heterocycles. The zero-order valence-corrected chi connectivity index (χ0v) is 14.4. The predicted molar refractivity (Wildman–Crippen MR) is 88.1 cm³/mol. The molecule has 1 amide bonds. The molecule has 134 valence electrons. The Balaban J connectivity index is 2.51. The SMILES string of the molecule is CCCCOc1c(C(=O)NN(C)C)n(C2(CO)COC2)ccc1=O. The molecule has 1 saturated heterocycles. The highest BCUT2D eigenvalue weighted by molar-refractivity contribution is 5.95. The number of nitrogens with zero attached hydrogens (tertiary/aromatic N) is 2. The van der Waals surface area contributed by atoms with Crippen molar-refractivity contribution >= 4 is 5.91 Å². The van der Waals surface area contributed by atoms with E-state index in [0.29, 0.717) is 6.61 Å². The van der Waals surface area contributed by atoms with Gasteiger partial charge in [-0.25, -0.2) is 5.01 Å². The Hall–Kier alpha value is -1.90. The van der Waals surface area contributed by atoms with E-state index in [4.69, 9.17) is 9.47 Å². The Bertz CT molecular complexity index is 632. The van der Waals surface area contributed by atoms with Crippen molar-refractivity contribution in [3.05, 3.63) is 28.2 Å². The van der Waals surface area contributed by atoms with E-state index >= 15 is 0 Å². The molecule has 1 aromatic heterocycles. The maximum Gasteiger partial charge on any atom is 0.286 e. The number of unbranched alkanes of at least 4 members (excludes halogenated alkanes) is 1. The summed E-state index contributed by atoms with van der Waals surface area (Å²) in [7, 11) is 3.35. The van der Waals surface area contributed by atoms with Crippen molar-refractivity contribution in [3.63, 3.8) is 0 Å². The number of hydrogen-bond donors (Lipinski definition) is 2. The fourth-order valence-corrected chi connectivity index (χ4v) is 2.48. The van der Waals surface area contributed by atoms with Gasteiger partial charge < -0.3 is 19.1 Å². The van der Waals surface area contributed by atoms with E-state index in [1.165, 1.54) is 17.3 Å². The van der Waals surface area contributed by atoms with Crippen LogP contribution in [-0.4, -0.2) is 61.1 Å². The summed E-state index contributed by atoms with van der Waals surface area (Å²) >= 11 is 0. The topological polar surface area (TPSA) is 93.0 Å². The fourth-order valence-electron chi connectivity index (χ4n) is 2.48. The van der Waals surface area contributed by atoms with Gasteiger partial charge in [-0.15, -0.1) is 0 Å². The van der Waals surface area contributed by atoms with Gasteiger partial charge in [0, 0.05) is 26.4 Å². The summed E-state index contributed by atoms with van der Waals surface area (Å²) in [5.74, 6) is -0.464. The standard InChI is InChI=1S/C16H25N3O5/c1-4-5-8-24-14-12(21)6-7-19(16(9-20)10-23-11-16)13(14)15(22)17-18(2)3/h6-7,20H,4-5,8-11H2,1-3H3,(H,17,22). The van der Waals surface area contributed by atoms with Crippen molar-refractivity contribution in [1.82, 2.24) is 15.0 Å². The normalized spacial score (nSPS) is 15.9. The molecule has 0 bridgehead atoms.